The lowest BCUT2D eigenvalue weighted by Gasteiger charge is -2.56. The Hall–Kier alpha value is -0.520. The molecule has 0 spiro atoms. The SMILES string of the molecule is CN(COC12CC3CC(CC(C3)C1)C2)OC12OC(CO)CC(O)(COC3OC(CO)CC(O)(CO)C3O)C1C2O. The molecule has 0 aromatic heterocycles. The predicted molar refractivity (Wildman–Crippen MR) is 134 cm³/mol. The molecule has 7 fully saturated rings. The minimum absolute atomic E-state index is 0.0969. The molecule has 40 heavy (non-hydrogen) atoms. The van der Waals surface area contributed by atoms with Gasteiger partial charge in [0.25, 0.3) is 0 Å². The van der Waals surface area contributed by atoms with Gasteiger partial charge in [0.1, 0.15) is 30.1 Å². The second kappa shape index (κ2) is 10.6. The summed E-state index contributed by atoms with van der Waals surface area (Å²) in [6, 6.07) is 0. The lowest BCUT2D eigenvalue weighted by Crippen LogP contribution is -2.61. The average molecular weight is 576 g/mol. The van der Waals surface area contributed by atoms with Crippen molar-refractivity contribution in [2.45, 2.75) is 105 Å². The quantitative estimate of drug-likeness (QED) is 0.108. The third-order valence-electron chi connectivity index (χ3n) is 10.3. The van der Waals surface area contributed by atoms with Gasteiger partial charge in [-0.15, -0.1) is 0 Å². The molecular weight excluding hydrogens is 530 g/mol. The molecule has 2 saturated heterocycles. The second-order valence-corrected chi connectivity index (χ2v) is 13.5. The van der Waals surface area contributed by atoms with E-state index in [4.69, 9.17) is 23.8 Å². The van der Waals surface area contributed by atoms with Gasteiger partial charge < -0.3 is 54.7 Å². The van der Waals surface area contributed by atoms with Crippen LogP contribution in [0.1, 0.15) is 51.4 Å². The lowest BCUT2D eigenvalue weighted by atomic mass is 9.54. The first-order valence-corrected chi connectivity index (χ1v) is 14.6. The number of nitrogens with zero attached hydrogens (tertiary/aromatic N) is 1. The fourth-order valence-corrected chi connectivity index (χ4v) is 8.75. The van der Waals surface area contributed by atoms with Gasteiger partial charge in [0, 0.05) is 19.9 Å². The number of hydroxylamine groups is 2. The van der Waals surface area contributed by atoms with Crippen molar-refractivity contribution in [2.75, 3.05) is 40.2 Å². The highest BCUT2D eigenvalue weighted by atomic mass is 16.8. The van der Waals surface area contributed by atoms with Crippen LogP contribution in [0.3, 0.4) is 0 Å². The number of aliphatic hydroxyl groups excluding tert-OH is 5. The van der Waals surface area contributed by atoms with Crippen LogP contribution in [0, 0.1) is 23.7 Å². The number of hydrogen-bond acceptors (Lipinski definition) is 13. The number of ether oxygens (including phenoxy) is 4. The van der Waals surface area contributed by atoms with Gasteiger partial charge >= 0.3 is 0 Å². The van der Waals surface area contributed by atoms with E-state index in [1.165, 1.54) is 24.3 Å². The molecule has 0 radical (unpaired) electrons. The summed E-state index contributed by atoms with van der Waals surface area (Å²) in [6.45, 7) is -2.02. The van der Waals surface area contributed by atoms with Crippen LogP contribution in [0.5, 0.6) is 0 Å². The molecule has 7 aliphatic rings. The molecule has 13 nitrogen and oxygen atoms in total. The normalized spacial score (nSPS) is 53.2. The van der Waals surface area contributed by atoms with Crippen molar-refractivity contribution in [1.82, 2.24) is 5.06 Å². The molecule has 0 aromatic rings. The molecule has 2 aliphatic heterocycles. The Morgan fingerprint density at radius 3 is 2.00 bits per heavy atom. The van der Waals surface area contributed by atoms with Gasteiger partial charge in [0.05, 0.1) is 50.2 Å². The standard InChI is InChI=1S/C27H45NO12/c1-28(14-37-24-5-15-2-16(6-24)4-17(3-15)7-24)40-27-20(21(27)32)26(35,9-19(11-30)39-27)13-36-23-22(33)25(34,12-31)8-18(10-29)38-23/h15-23,29-35H,2-14H2,1H3. The van der Waals surface area contributed by atoms with Gasteiger partial charge in [-0.2, -0.15) is 5.06 Å². The third kappa shape index (κ3) is 5.04. The fraction of sp³-hybridized carbons (Fsp3) is 1.00. The van der Waals surface area contributed by atoms with Crippen LogP contribution < -0.4 is 0 Å². The van der Waals surface area contributed by atoms with Crippen LogP contribution in [0.15, 0.2) is 0 Å². The summed E-state index contributed by atoms with van der Waals surface area (Å²) in [6.07, 6.45) is 0.610. The summed E-state index contributed by atoms with van der Waals surface area (Å²) in [5.41, 5.74) is -3.86. The van der Waals surface area contributed by atoms with E-state index in [1.807, 2.05) is 0 Å². The minimum Gasteiger partial charge on any atom is -0.394 e. The Balaban J connectivity index is 1.10. The number of rotatable bonds is 11. The molecule has 7 rings (SSSR count). The summed E-state index contributed by atoms with van der Waals surface area (Å²) in [5.74, 6) is -0.411. The first kappa shape index (κ1) is 29.5. The maximum atomic E-state index is 11.6. The van der Waals surface area contributed by atoms with Crippen molar-refractivity contribution in [3.63, 3.8) is 0 Å². The zero-order valence-electron chi connectivity index (χ0n) is 23.0. The van der Waals surface area contributed by atoms with Crippen molar-refractivity contribution < 1.29 is 59.5 Å². The van der Waals surface area contributed by atoms with E-state index in [2.05, 4.69) is 0 Å². The molecule has 0 aromatic carbocycles. The molecule has 5 aliphatic carbocycles. The van der Waals surface area contributed by atoms with Crippen LogP contribution in [-0.2, 0) is 23.8 Å². The van der Waals surface area contributed by atoms with Crippen molar-refractivity contribution in [1.29, 1.82) is 0 Å². The second-order valence-electron chi connectivity index (χ2n) is 13.5. The van der Waals surface area contributed by atoms with Gasteiger partial charge in [-0.3, -0.25) is 4.84 Å². The molecule has 9 atom stereocenters. The smallest absolute Gasteiger partial charge is 0.223 e. The first-order valence-electron chi connectivity index (χ1n) is 14.6. The highest BCUT2D eigenvalue weighted by Crippen LogP contribution is 2.60. The number of fused-ring (bicyclic) bond motifs is 1. The van der Waals surface area contributed by atoms with Gasteiger partial charge in [-0.1, -0.05) is 0 Å². The summed E-state index contributed by atoms with van der Waals surface area (Å²) in [7, 11) is 1.68. The van der Waals surface area contributed by atoms with Crippen molar-refractivity contribution in [2.24, 2.45) is 23.7 Å². The number of aliphatic hydroxyl groups is 7. The van der Waals surface area contributed by atoms with E-state index in [1.54, 1.807) is 7.05 Å². The zero-order valence-corrected chi connectivity index (χ0v) is 23.0. The molecular formula is C27H45NO12. The Kier molecular flexibility index (Phi) is 7.81. The van der Waals surface area contributed by atoms with Crippen LogP contribution in [-0.4, -0.2) is 134 Å². The van der Waals surface area contributed by atoms with Gasteiger partial charge in [-0.05, 0) is 56.3 Å². The molecule has 7 N–H and O–H groups in total. The van der Waals surface area contributed by atoms with Crippen molar-refractivity contribution >= 4 is 0 Å². The van der Waals surface area contributed by atoms with Crippen molar-refractivity contribution in [3.05, 3.63) is 0 Å². The van der Waals surface area contributed by atoms with E-state index in [9.17, 15) is 35.7 Å². The molecule has 2 heterocycles. The van der Waals surface area contributed by atoms with Crippen LogP contribution in [0.25, 0.3) is 0 Å². The summed E-state index contributed by atoms with van der Waals surface area (Å²) < 4.78 is 23.6. The Morgan fingerprint density at radius 2 is 1.43 bits per heavy atom. The lowest BCUT2D eigenvalue weighted by molar-refractivity contribution is -0.368. The van der Waals surface area contributed by atoms with Gasteiger partial charge in [0.15, 0.2) is 6.29 Å². The summed E-state index contributed by atoms with van der Waals surface area (Å²) in [5, 5.41) is 74.3. The maximum absolute atomic E-state index is 11.6. The highest BCUT2D eigenvalue weighted by molar-refractivity contribution is 5.20. The Morgan fingerprint density at radius 1 is 0.825 bits per heavy atom. The van der Waals surface area contributed by atoms with Crippen molar-refractivity contribution in [3.8, 4) is 0 Å². The fourth-order valence-electron chi connectivity index (χ4n) is 8.75. The molecule has 0 amide bonds. The van der Waals surface area contributed by atoms with Gasteiger partial charge in [-0.25, -0.2) is 0 Å². The maximum Gasteiger partial charge on any atom is 0.223 e. The van der Waals surface area contributed by atoms with Gasteiger partial charge in [0.2, 0.25) is 5.79 Å². The minimum atomic E-state index is -1.96. The Bertz CT molecular complexity index is 891. The molecule has 230 valence electrons. The van der Waals surface area contributed by atoms with E-state index >= 15 is 0 Å². The monoisotopic (exact) mass is 575 g/mol. The Labute approximate surface area is 233 Å². The largest absolute Gasteiger partial charge is 0.394 e. The topological polar surface area (TPSA) is 191 Å². The number of hydrogen-bond donors (Lipinski definition) is 7. The molecule has 13 heteroatoms. The van der Waals surface area contributed by atoms with Crippen LogP contribution >= 0.6 is 0 Å². The highest BCUT2D eigenvalue weighted by Gasteiger charge is 2.79. The summed E-state index contributed by atoms with van der Waals surface area (Å²) in [4.78, 5) is 6.08. The first-order chi connectivity index (χ1) is 19.0. The molecule has 5 saturated carbocycles. The average Bonchev–Trinajstić information content (AvgIpc) is 3.51. The summed E-state index contributed by atoms with van der Waals surface area (Å²) >= 11 is 0. The molecule has 9 unspecified atom stereocenters. The predicted octanol–water partition coefficient (Wildman–Crippen LogP) is -1.80. The van der Waals surface area contributed by atoms with E-state index in [0.717, 1.165) is 37.0 Å². The zero-order chi connectivity index (χ0) is 28.5. The molecule has 4 bridgehead atoms. The van der Waals surface area contributed by atoms with Crippen LogP contribution in [0.2, 0.25) is 0 Å². The van der Waals surface area contributed by atoms with E-state index in [0.29, 0.717) is 0 Å². The third-order valence-corrected chi connectivity index (χ3v) is 10.3. The van der Waals surface area contributed by atoms with Crippen LogP contribution in [0.4, 0.5) is 0 Å². The van der Waals surface area contributed by atoms with E-state index in [-0.39, 0.29) is 25.2 Å². The van der Waals surface area contributed by atoms with E-state index < -0.39 is 80.0 Å².